The van der Waals surface area contributed by atoms with Crippen molar-refractivity contribution >= 4 is 30.7 Å². The fourth-order valence-electron chi connectivity index (χ4n) is 4.92. The molecule has 1 heterocycles. The molecule has 0 aliphatic carbocycles. The SMILES string of the molecule is CC(C)(C)[Si](OC1CCN(c2ccccc2)C1C=O)(c1ccccc1)c1ccccc1. The molecule has 1 aliphatic rings. The van der Waals surface area contributed by atoms with Gasteiger partial charge in [0.1, 0.15) is 12.3 Å². The van der Waals surface area contributed by atoms with Gasteiger partial charge in [0, 0.05) is 12.2 Å². The highest BCUT2D eigenvalue weighted by Crippen LogP contribution is 2.39. The van der Waals surface area contributed by atoms with E-state index in [-0.39, 0.29) is 17.2 Å². The Hall–Kier alpha value is -2.69. The van der Waals surface area contributed by atoms with Crippen LogP contribution in [0.15, 0.2) is 91.0 Å². The first kappa shape index (κ1) is 21.5. The van der Waals surface area contributed by atoms with Crippen LogP contribution in [0, 0.1) is 0 Å². The summed E-state index contributed by atoms with van der Waals surface area (Å²) in [6.45, 7) is 7.65. The van der Waals surface area contributed by atoms with Crippen LogP contribution < -0.4 is 15.3 Å². The van der Waals surface area contributed by atoms with Crippen LogP contribution in [0.4, 0.5) is 5.69 Å². The van der Waals surface area contributed by atoms with Gasteiger partial charge < -0.3 is 14.1 Å². The molecule has 4 rings (SSSR count). The third-order valence-electron chi connectivity index (χ3n) is 6.37. The molecule has 0 spiro atoms. The van der Waals surface area contributed by atoms with E-state index in [1.54, 1.807) is 0 Å². The van der Waals surface area contributed by atoms with E-state index in [0.29, 0.717) is 0 Å². The van der Waals surface area contributed by atoms with Crippen LogP contribution in [0.3, 0.4) is 0 Å². The molecule has 4 heteroatoms. The van der Waals surface area contributed by atoms with E-state index in [2.05, 4.69) is 98.5 Å². The van der Waals surface area contributed by atoms with Gasteiger partial charge in [-0.2, -0.15) is 0 Å². The van der Waals surface area contributed by atoms with Gasteiger partial charge >= 0.3 is 0 Å². The molecule has 0 radical (unpaired) electrons. The van der Waals surface area contributed by atoms with E-state index in [1.807, 2.05) is 18.2 Å². The largest absolute Gasteiger partial charge is 0.402 e. The van der Waals surface area contributed by atoms with Crippen molar-refractivity contribution in [2.45, 2.75) is 44.4 Å². The average molecular weight is 430 g/mol. The van der Waals surface area contributed by atoms with Crippen molar-refractivity contribution in [1.29, 1.82) is 0 Å². The Morgan fingerprint density at radius 2 is 1.32 bits per heavy atom. The number of para-hydroxylation sites is 1. The molecule has 160 valence electrons. The normalized spacial score (nSPS) is 19.4. The van der Waals surface area contributed by atoms with Crippen molar-refractivity contribution in [3.63, 3.8) is 0 Å². The summed E-state index contributed by atoms with van der Waals surface area (Å²) in [5.74, 6) is 0. The highest BCUT2D eigenvalue weighted by molar-refractivity contribution is 6.99. The molecular weight excluding hydrogens is 398 g/mol. The number of hydrogen-bond acceptors (Lipinski definition) is 3. The molecule has 2 atom stereocenters. The Bertz CT molecular complexity index is 947. The zero-order chi connectivity index (χ0) is 21.9. The summed E-state index contributed by atoms with van der Waals surface area (Å²) in [5.41, 5.74) is 1.08. The van der Waals surface area contributed by atoms with Gasteiger partial charge in [-0.3, -0.25) is 0 Å². The maximum atomic E-state index is 12.3. The molecule has 3 nitrogen and oxygen atoms in total. The van der Waals surface area contributed by atoms with Crippen molar-refractivity contribution in [2.24, 2.45) is 0 Å². The molecule has 31 heavy (non-hydrogen) atoms. The van der Waals surface area contributed by atoms with Crippen LogP contribution >= 0.6 is 0 Å². The van der Waals surface area contributed by atoms with Gasteiger partial charge in [-0.25, -0.2) is 0 Å². The van der Waals surface area contributed by atoms with Gasteiger partial charge in [0.2, 0.25) is 0 Å². The molecule has 3 aromatic rings. The Morgan fingerprint density at radius 1 is 0.839 bits per heavy atom. The van der Waals surface area contributed by atoms with E-state index in [1.165, 1.54) is 10.4 Å². The molecule has 0 N–H and O–H groups in total. The molecule has 0 saturated carbocycles. The van der Waals surface area contributed by atoms with Gasteiger partial charge in [-0.15, -0.1) is 0 Å². The maximum Gasteiger partial charge on any atom is 0.261 e. The maximum absolute atomic E-state index is 12.3. The summed E-state index contributed by atoms with van der Waals surface area (Å²) in [4.78, 5) is 14.5. The zero-order valence-corrected chi connectivity index (χ0v) is 19.6. The van der Waals surface area contributed by atoms with Crippen LogP contribution in [0.5, 0.6) is 0 Å². The number of benzene rings is 3. The molecule has 0 aromatic heterocycles. The van der Waals surface area contributed by atoms with Crippen LogP contribution in [-0.4, -0.2) is 33.3 Å². The lowest BCUT2D eigenvalue weighted by atomic mass is 10.2. The van der Waals surface area contributed by atoms with Gasteiger partial charge in [-0.1, -0.05) is 99.6 Å². The summed E-state index contributed by atoms with van der Waals surface area (Å²) < 4.78 is 7.26. The number of carbonyl (C=O) groups is 1. The highest BCUT2D eigenvalue weighted by atomic mass is 28.4. The molecule has 3 aromatic carbocycles. The number of anilines is 1. The number of hydrogen-bond donors (Lipinski definition) is 0. The number of aldehydes is 1. The van der Waals surface area contributed by atoms with Gasteiger partial charge in [0.05, 0.1) is 6.10 Å². The predicted molar refractivity (Wildman–Crippen MR) is 131 cm³/mol. The standard InChI is InChI=1S/C27H31NO2Si/c1-27(2,3)31(23-15-9-5-10-16-23,24-17-11-6-12-18-24)30-26-19-20-28(25(26)21-29)22-13-7-4-8-14-22/h4-18,21,25-26H,19-20H2,1-3H3. The molecule has 2 unspecified atom stereocenters. The van der Waals surface area contributed by atoms with Crippen molar-refractivity contribution in [1.82, 2.24) is 0 Å². The first-order chi connectivity index (χ1) is 15.0. The van der Waals surface area contributed by atoms with E-state index in [9.17, 15) is 4.79 Å². The minimum absolute atomic E-state index is 0.108. The Balaban J connectivity index is 1.79. The molecule has 0 amide bonds. The Kier molecular flexibility index (Phi) is 6.12. The Labute approximate surface area is 186 Å². The second-order valence-corrected chi connectivity index (χ2v) is 13.5. The smallest absolute Gasteiger partial charge is 0.261 e. The first-order valence-electron chi connectivity index (χ1n) is 11.0. The number of nitrogens with zero attached hydrogens (tertiary/aromatic N) is 1. The quantitative estimate of drug-likeness (QED) is 0.429. The summed E-state index contributed by atoms with van der Waals surface area (Å²) in [7, 11) is -2.69. The van der Waals surface area contributed by atoms with Crippen molar-refractivity contribution in [2.75, 3.05) is 11.4 Å². The number of carbonyl (C=O) groups excluding carboxylic acids is 1. The van der Waals surface area contributed by atoms with E-state index >= 15 is 0 Å². The second kappa shape index (κ2) is 8.81. The van der Waals surface area contributed by atoms with E-state index in [4.69, 9.17) is 4.43 Å². The fraction of sp³-hybridized carbons (Fsp3) is 0.296. The fourth-order valence-corrected chi connectivity index (χ4v) is 9.64. The summed E-state index contributed by atoms with van der Waals surface area (Å²) >= 11 is 0. The third-order valence-corrected chi connectivity index (χ3v) is 11.4. The highest BCUT2D eigenvalue weighted by Gasteiger charge is 2.53. The van der Waals surface area contributed by atoms with Crippen LogP contribution in [-0.2, 0) is 9.22 Å². The number of rotatable bonds is 6. The molecule has 1 saturated heterocycles. The predicted octanol–water partition coefficient (Wildman–Crippen LogP) is 4.41. The van der Waals surface area contributed by atoms with E-state index < -0.39 is 8.32 Å². The van der Waals surface area contributed by atoms with Gasteiger partial charge in [0.25, 0.3) is 8.32 Å². The van der Waals surface area contributed by atoms with Gasteiger partial charge in [0.15, 0.2) is 0 Å². The molecule has 1 aliphatic heterocycles. The second-order valence-electron chi connectivity index (χ2n) is 9.26. The van der Waals surface area contributed by atoms with Crippen molar-refractivity contribution in [3.05, 3.63) is 91.0 Å². The Morgan fingerprint density at radius 3 is 1.77 bits per heavy atom. The van der Waals surface area contributed by atoms with Crippen molar-refractivity contribution in [3.8, 4) is 0 Å². The van der Waals surface area contributed by atoms with Crippen LogP contribution in [0.2, 0.25) is 5.04 Å². The van der Waals surface area contributed by atoms with Crippen LogP contribution in [0.1, 0.15) is 27.2 Å². The van der Waals surface area contributed by atoms with Gasteiger partial charge in [-0.05, 0) is 34.0 Å². The lowest BCUT2D eigenvalue weighted by molar-refractivity contribution is -0.110. The topological polar surface area (TPSA) is 29.5 Å². The molecule has 1 fully saturated rings. The minimum atomic E-state index is -2.69. The zero-order valence-electron chi connectivity index (χ0n) is 18.6. The first-order valence-corrected chi connectivity index (χ1v) is 12.9. The van der Waals surface area contributed by atoms with Crippen LogP contribution in [0.25, 0.3) is 0 Å². The summed E-state index contributed by atoms with van der Waals surface area (Å²) in [5, 5.41) is 2.39. The average Bonchev–Trinajstić information content (AvgIpc) is 3.21. The third kappa shape index (κ3) is 3.98. The minimum Gasteiger partial charge on any atom is -0.402 e. The lowest BCUT2D eigenvalue weighted by Gasteiger charge is -2.45. The summed E-state index contributed by atoms with van der Waals surface area (Å²) in [6.07, 6.45) is 1.76. The van der Waals surface area contributed by atoms with Crippen molar-refractivity contribution < 1.29 is 9.22 Å². The molecular formula is C27H31NO2Si. The lowest BCUT2D eigenvalue weighted by Crippen LogP contribution is -2.68. The summed E-state index contributed by atoms with van der Waals surface area (Å²) in [6, 6.07) is 31.2. The monoisotopic (exact) mass is 429 g/mol. The molecule has 0 bridgehead atoms. The van der Waals surface area contributed by atoms with E-state index in [0.717, 1.165) is 24.9 Å².